The van der Waals surface area contributed by atoms with Gasteiger partial charge in [-0.2, -0.15) is 4.98 Å². The molecular formula is C18H25N5O2. The fourth-order valence-electron chi connectivity index (χ4n) is 2.15. The fraction of sp³-hybridized carbons (Fsp3) is 0.389. The number of aromatic nitrogens is 2. The molecule has 1 aromatic carbocycles. The van der Waals surface area contributed by atoms with Gasteiger partial charge in [-0.1, -0.05) is 18.2 Å². The van der Waals surface area contributed by atoms with Gasteiger partial charge in [0.05, 0.1) is 0 Å². The number of nitrogens with one attached hydrogen (secondary N) is 2. The van der Waals surface area contributed by atoms with E-state index in [1.165, 1.54) is 0 Å². The number of hydrogen-bond acceptors (Lipinski definition) is 6. The number of anilines is 2. The molecule has 2 aromatic rings. The van der Waals surface area contributed by atoms with E-state index < -0.39 is 0 Å². The summed E-state index contributed by atoms with van der Waals surface area (Å²) in [5.41, 5.74) is 1.89. The van der Waals surface area contributed by atoms with E-state index in [1.54, 1.807) is 0 Å². The van der Waals surface area contributed by atoms with Crippen molar-refractivity contribution >= 4 is 17.7 Å². The normalized spacial score (nSPS) is 10.2. The number of carbonyl (C=O) groups is 1. The Morgan fingerprint density at radius 2 is 1.92 bits per heavy atom. The van der Waals surface area contributed by atoms with E-state index in [-0.39, 0.29) is 12.5 Å². The van der Waals surface area contributed by atoms with Crippen LogP contribution in [0.5, 0.6) is 5.75 Å². The van der Waals surface area contributed by atoms with Crippen LogP contribution in [0, 0.1) is 13.8 Å². The van der Waals surface area contributed by atoms with Crippen LogP contribution in [-0.4, -0.2) is 49.7 Å². The molecule has 0 saturated heterocycles. The number of aryl methyl sites for hydroxylation is 2. The molecule has 7 nitrogen and oxygen atoms in total. The van der Waals surface area contributed by atoms with E-state index in [4.69, 9.17) is 4.74 Å². The molecule has 7 heteroatoms. The number of rotatable bonds is 8. The van der Waals surface area contributed by atoms with E-state index in [0.29, 0.717) is 19.0 Å². The molecule has 0 spiro atoms. The third-order valence-corrected chi connectivity index (χ3v) is 3.48. The van der Waals surface area contributed by atoms with Crippen LogP contribution < -0.4 is 20.3 Å². The third kappa shape index (κ3) is 5.95. The van der Waals surface area contributed by atoms with Crippen LogP contribution in [0.25, 0.3) is 0 Å². The maximum Gasteiger partial charge on any atom is 0.258 e. The third-order valence-electron chi connectivity index (χ3n) is 3.48. The Kier molecular flexibility index (Phi) is 6.56. The average molecular weight is 343 g/mol. The number of carbonyl (C=O) groups excluding carboxylic acids is 1. The van der Waals surface area contributed by atoms with Gasteiger partial charge in [0.1, 0.15) is 11.6 Å². The minimum atomic E-state index is -0.163. The molecule has 0 atom stereocenters. The minimum Gasteiger partial charge on any atom is -0.484 e. The Labute approximate surface area is 148 Å². The van der Waals surface area contributed by atoms with Gasteiger partial charge in [0, 0.05) is 38.9 Å². The van der Waals surface area contributed by atoms with Crippen molar-refractivity contribution in [2.45, 2.75) is 13.8 Å². The largest absolute Gasteiger partial charge is 0.484 e. The summed E-state index contributed by atoms with van der Waals surface area (Å²) in [7, 11) is 3.86. The van der Waals surface area contributed by atoms with Crippen molar-refractivity contribution in [1.29, 1.82) is 0 Å². The van der Waals surface area contributed by atoms with Gasteiger partial charge in [-0.3, -0.25) is 4.79 Å². The number of benzene rings is 1. The van der Waals surface area contributed by atoms with Gasteiger partial charge >= 0.3 is 0 Å². The molecular weight excluding hydrogens is 318 g/mol. The summed E-state index contributed by atoms with van der Waals surface area (Å²) in [6.07, 6.45) is 0. The first-order chi connectivity index (χ1) is 12.0. The smallest absolute Gasteiger partial charge is 0.258 e. The van der Waals surface area contributed by atoms with Gasteiger partial charge in [0.15, 0.2) is 6.61 Å². The molecule has 0 fully saturated rings. The van der Waals surface area contributed by atoms with Gasteiger partial charge < -0.3 is 20.3 Å². The highest BCUT2D eigenvalue weighted by Gasteiger charge is 2.05. The summed E-state index contributed by atoms with van der Waals surface area (Å²) in [6, 6.07) is 9.52. The Bertz CT molecular complexity index is 718. The van der Waals surface area contributed by atoms with Crippen LogP contribution in [0.3, 0.4) is 0 Å². The first-order valence-electron chi connectivity index (χ1n) is 8.17. The lowest BCUT2D eigenvalue weighted by Gasteiger charge is -2.14. The van der Waals surface area contributed by atoms with Crippen molar-refractivity contribution in [2.75, 3.05) is 44.0 Å². The second kappa shape index (κ2) is 8.86. The summed E-state index contributed by atoms with van der Waals surface area (Å²) in [5, 5.41) is 5.92. The van der Waals surface area contributed by atoms with Crippen molar-refractivity contribution in [3.63, 3.8) is 0 Å². The van der Waals surface area contributed by atoms with Crippen molar-refractivity contribution in [1.82, 2.24) is 15.3 Å². The Morgan fingerprint density at radius 1 is 1.16 bits per heavy atom. The van der Waals surface area contributed by atoms with Gasteiger partial charge in [0.25, 0.3) is 5.91 Å². The standard InChI is InChI=1S/C18H25N5O2/c1-13-7-5-6-8-15(13)25-12-17(24)19-9-10-20-18-21-14(2)11-16(22-18)23(3)4/h5-8,11H,9-10,12H2,1-4H3,(H,19,24)(H,20,21,22). The molecule has 0 unspecified atom stereocenters. The molecule has 0 aliphatic heterocycles. The Hall–Kier alpha value is -2.83. The highest BCUT2D eigenvalue weighted by molar-refractivity contribution is 5.77. The zero-order valence-electron chi connectivity index (χ0n) is 15.2. The predicted octanol–water partition coefficient (Wildman–Crippen LogP) is 1.77. The van der Waals surface area contributed by atoms with Crippen molar-refractivity contribution in [3.8, 4) is 5.75 Å². The number of hydrogen-bond donors (Lipinski definition) is 2. The molecule has 0 bridgehead atoms. The lowest BCUT2D eigenvalue weighted by Crippen LogP contribution is -2.33. The molecule has 1 amide bonds. The molecule has 1 aromatic heterocycles. The van der Waals surface area contributed by atoms with Gasteiger partial charge in [-0.15, -0.1) is 0 Å². The Morgan fingerprint density at radius 3 is 2.64 bits per heavy atom. The molecule has 0 aliphatic rings. The van der Waals surface area contributed by atoms with Crippen molar-refractivity contribution < 1.29 is 9.53 Å². The molecule has 0 radical (unpaired) electrons. The highest BCUT2D eigenvalue weighted by Crippen LogP contribution is 2.15. The quantitative estimate of drug-likeness (QED) is 0.711. The first-order valence-corrected chi connectivity index (χ1v) is 8.17. The first kappa shape index (κ1) is 18.5. The van der Waals surface area contributed by atoms with Crippen LogP contribution >= 0.6 is 0 Å². The molecule has 2 N–H and O–H groups in total. The SMILES string of the molecule is Cc1cc(N(C)C)nc(NCCNC(=O)COc2ccccc2C)n1. The maximum absolute atomic E-state index is 11.8. The average Bonchev–Trinajstić information content (AvgIpc) is 2.57. The van der Waals surface area contributed by atoms with E-state index in [9.17, 15) is 4.79 Å². The number of amides is 1. The van der Waals surface area contributed by atoms with Gasteiger partial charge in [0.2, 0.25) is 5.95 Å². The van der Waals surface area contributed by atoms with Crippen LogP contribution in [0.4, 0.5) is 11.8 Å². The molecule has 0 aliphatic carbocycles. The molecule has 1 heterocycles. The molecule has 134 valence electrons. The fourth-order valence-corrected chi connectivity index (χ4v) is 2.15. The molecule has 25 heavy (non-hydrogen) atoms. The lowest BCUT2D eigenvalue weighted by atomic mass is 10.2. The number of ether oxygens (including phenoxy) is 1. The van der Waals surface area contributed by atoms with Crippen LogP contribution in [0.15, 0.2) is 30.3 Å². The van der Waals surface area contributed by atoms with E-state index in [2.05, 4.69) is 20.6 Å². The van der Waals surface area contributed by atoms with E-state index in [0.717, 1.165) is 22.8 Å². The zero-order chi connectivity index (χ0) is 18.2. The van der Waals surface area contributed by atoms with Crippen LogP contribution in [0.1, 0.15) is 11.3 Å². The van der Waals surface area contributed by atoms with E-state index in [1.807, 2.05) is 63.2 Å². The van der Waals surface area contributed by atoms with Gasteiger partial charge in [-0.05, 0) is 25.5 Å². The summed E-state index contributed by atoms with van der Waals surface area (Å²) in [4.78, 5) is 22.5. The summed E-state index contributed by atoms with van der Waals surface area (Å²) in [5.74, 6) is 1.95. The topological polar surface area (TPSA) is 79.4 Å². The van der Waals surface area contributed by atoms with Gasteiger partial charge in [-0.25, -0.2) is 4.98 Å². The number of nitrogens with zero attached hydrogens (tertiary/aromatic N) is 3. The van der Waals surface area contributed by atoms with Crippen LogP contribution in [0.2, 0.25) is 0 Å². The summed E-state index contributed by atoms with van der Waals surface area (Å²) >= 11 is 0. The maximum atomic E-state index is 11.8. The lowest BCUT2D eigenvalue weighted by molar-refractivity contribution is -0.123. The second-order valence-electron chi connectivity index (χ2n) is 5.92. The Balaban J connectivity index is 1.72. The monoisotopic (exact) mass is 343 g/mol. The second-order valence-corrected chi connectivity index (χ2v) is 5.92. The van der Waals surface area contributed by atoms with Crippen molar-refractivity contribution in [2.24, 2.45) is 0 Å². The predicted molar refractivity (Wildman–Crippen MR) is 99.3 cm³/mol. The molecule has 0 saturated carbocycles. The summed E-state index contributed by atoms with van der Waals surface area (Å²) < 4.78 is 5.51. The van der Waals surface area contributed by atoms with Crippen molar-refractivity contribution in [3.05, 3.63) is 41.6 Å². The molecule has 2 rings (SSSR count). The minimum absolute atomic E-state index is 0.00340. The highest BCUT2D eigenvalue weighted by atomic mass is 16.5. The van der Waals surface area contributed by atoms with E-state index >= 15 is 0 Å². The number of para-hydroxylation sites is 1. The summed E-state index contributed by atoms with van der Waals surface area (Å²) in [6.45, 7) is 4.86. The zero-order valence-corrected chi connectivity index (χ0v) is 15.2. The van der Waals surface area contributed by atoms with Crippen LogP contribution in [-0.2, 0) is 4.79 Å².